The zero-order valence-corrected chi connectivity index (χ0v) is 22.0. The van der Waals surface area contributed by atoms with Crippen LogP contribution in [0.5, 0.6) is 5.75 Å². The highest BCUT2D eigenvalue weighted by molar-refractivity contribution is 6.39. The zero-order valence-electron chi connectivity index (χ0n) is 21.3. The molecule has 0 radical (unpaired) electrons. The van der Waals surface area contributed by atoms with Crippen LogP contribution in [-0.4, -0.2) is 38.0 Å². The van der Waals surface area contributed by atoms with Crippen LogP contribution in [0.3, 0.4) is 0 Å². The van der Waals surface area contributed by atoms with Crippen molar-refractivity contribution < 1.29 is 28.7 Å². The van der Waals surface area contributed by atoms with Crippen LogP contribution < -0.4 is 15.0 Å². The summed E-state index contributed by atoms with van der Waals surface area (Å²) in [6.07, 6.45) is 1.89. The molecule has 4 amide bonds. The van der Waals surface area contributed by atoms with Crippen LogP contribution in [0.2, 0.25) is 5.02 Å². The third kappa shape index (κ3) is 5.45. The van der Waals surface area contributed by atoms with Gasteiger partial charge in [0, 0.05) is 17.0 Å². The lowest BCUT2D eigenvalue weighted by atomic mass is 9.98. The molecule has 1 aliphatic heterocycles. The van der Waals surface area contributed by atoms with E-state index < -0.39 is 23.8 Å². The number of hydrogen-bond acceptors (Lipinski definition) is 6. The third-order valence-electron chi connectivity index (χ3n) is 6.02. The number of benzene rings is 3. The van der Waals surface area contributed by atoms with Crippen molar-refractivity contribution in [1.82, 2.24) is 5.32 Å². The summed E-state index contributed by atoms with van der Waals surface area (Å²) in [4.78, 5) is 50.9. The Morgan fingerprint density at radius 2 is 1.63 bits per heavy atom. The standard InChI is InChI=1S/C29H25ClN2O6/c1-16-9-17(2)11-18(10-16)12-22-24(30)14-19(15-25(22)37-3)13-23-26(33)31-29(36)32(27(23)34)21-7-5-20(6-8-21)28(35)38-4/h5-11,13-15H,12H2,1-4H3,(H,31,33,36)/b23-13+. The van der Waals surface area contributed by atoms with Crippen molar-refractivity contribution in [1.29, 1.82) is 0 Å². The fourth-order valence-electron chi connectivity index (χ4n) is 4.37. The maximum absolute atomic E-state index is 13.3. The van der Waals surface area contributed by atoms with E-state index in [1.165, 1.54) is 44.6 Å². The van der Waals surface area contributed by atoms with Gasteiger partial charge in [0.15, 0.2) is 0 Å². The Hall–Kier alpha value is -4.43. The molecular formula is C29H25ClN2O6. The number of barbiturate groups is 1. The predicted molar refractivity (Wildman–Crippen MR) is 144 cm³/mol. The maximum Gasteiger partial charge on any atom is 0.337 e. The van der Waals surface area contributed by atoms with Crippen molar-refractivity contribution in [3.63, 3.8) is 0 Å². The van der Waals surface area contributed by atoms with Gasteiger partial charge in [0.1, 0.15) is 11.3 Å². The van der Waals surface area contributed by atoms with Gasteiger partial charge in [0.05, 0.1) is 25.5 Å². The number of anilines is 1. The number of hydrogen-bond donors (Lipinski definition) is 1. The normalized spacial score (nSPS) is 14.5. The van der Waals surface area contributed by atoms with E-state index in [0.717, 1.165) is 27.2 Å². The largest absolute Gasteiger partial charge is 0.496 e. The number of nitrogens with zero attached hydrogens (tertiary/aromatic N) is 1. The Bertz CT molecular complexity index is 1470. The van der Waals surface area contributed by atoms with Gasteiger partial charge in [-0.2, -0.15) is 0 Å². The highest BCUT2D eigenvalue weighted by Crippen LogP contribution is 2.33. The number of amides is 4. The molecule has 0 bridgehead atoms. The second kappa shape index (κ2) is 10.9. The Labute approximate surface area is 224 Å². The number of nitrogens with one attached hydrogen (secondary N) is 1. The highest BCUT2D eigenvalue weighted by Gasteiger charge is 2.37. The summed E-state index contributed by atoms with van der Waals surface area (Å²) < 4.78 is 10.3. The maximum atomic E-state index is 13.3. The SMILES string of the molecule is COC(=O)c1ccc(N2C(=O)NC(=O)/C(=C\c3cc(Cl)c(Cc4cc(C)cc(C)c4)c(OC)c3)C2=O)cc1. The Morgan fingerprint density at radius 3 is 2.24 bits per heavy atom. The highest BCUT2D eigenvalue weighted by atomic mass is 35.5. The number of rotatable bonds is 6. The smallest absolute Gasteiger partial charge is 0.337 e. The first-order valence-corrected chi connectivity index (χ1v) is 12.0. The van der Waals surface area contributed by atoms with Gasteiger partial charge in [-0.3, -0.25) is 14.9 Å². The summed E-state index contributed by atoms with van der Waals surface area (Å²) in [5, 5.41) is 2.59. The Kier molecular flexibility index (Phi) is 7.64. The lowest BCUT2D eigenvalue weighted by molar-refractivity contribution is -0.122. The molecule has 8 nitrogen and oxygen atoms in total. The van der Waals surface area contributed by atoms with Crippen LogP contribution >= 0.6 is 11.6 Å². The van der Waals surface area contributed by atoms with Crippen molar-refractivity contribution in [3.05, 3.63) is 98.6 Å². The average Bonchev–Trinajstić information content (AvgIpc) is 2.87. The number of aryl methyl sites for hydroxylation is 2. The number of esters is 1. The molecule has 194 valence electrons. The van der Waals surface area contributed by atoms with Crippen LogP contribution in [0.25, 0.3) is 6.08 Å². The minimum absolute atomic E-state index is 0.179. The van der Waals surface area contributed by atoms with E-state index in [4.69, 9.17) is 16.3 Å². The molecule has 0 atom stereocenters. The van der Waals surface area contributed by atoms with Gasteiger partial charge >= 0.3 is 12.0 Å². The summed E-state index contributed by atoms with van der Waals surface area (Å²) in [7, 11) is 2.77. The van der Waals surface area contributed by atoms with Crippen LogP contribution in [-0.2, 0) is 20.7 Å². The molecule has 1 fully saturated rings. The second-order valence-electron chi connectivity index (χ2n) is 8.85. The molecule has 0 aromatic heterocycles. The van der Waals surface area contributed by atoms with Crippen LogP contribution in [0.4, 0.5) is 10.5 Å². The molecule has 0 saturated carbocycles. The van der Waals surface area contributed by atoms with E-state index in [0.29, 0.717) is 22.8 Å². The van der Waals surface area contributed by atoms with Crippen molar-refractivity contribution in [2.45, 2.75) is 20.3 Å². The van der Waals surface area contributed by atoms with Crippen molar-refractivity contribution in [3.8, 4) is 5.75 Å². The molecule has 0 spiro atoms. The quantitative estimate of drug-likeness (QED) is 0.272. The summed E-state index contributed by atoms with van der Waals surface area (Å²) in [5.74, 6) is -1.72. The van der Waals surface area contributed by atoms with E-state index in [9.17, 15) is 19.2 Å². The summed E-state index contributed by atoms with van der Waals surface area (Å²) >= 11 is 6.64. The van der Waals surface area contributed by atoms with Crippen molar-refractivity contribution in [2.24, 2.45) is 0 Å². The van der Waals surface area contributed by atoms with Gasteiger partial charge in [-0.15, -0.1) is 0 Å². The molecule has 1 heterocycles. The first kappa shape index (κ1) is 26.6. The van der Waals surface area contributed by atoms with Gasteiger partial charge < -0.3 is 9.47 Å². The number of methoxy groups -OCH3 is 2. The third-order valence-corrected chi connectivity index (χ3v) is 6.36. The van der Waals surface area contributed by atoms with Gasteiger partial charge in [-0.1, -0.05) is 40.9 Å². The van der Waals surface area contributed by atoms with Gasteiger partial charge in [-0.05, 0) is 67.4 Å². The summed E-state index contributed by atoms with van der Waals surface area (Å²) in [6, 6.07) is 14.3. The van der Waals surface area contributed by atoms with E-state index in [1.54, 1.807) is 12.1 Å². The van der Waals surface area contributed by atoms with Crippen LogP contribution in [0, 0.1) is 13.8 Å². The fraction of sp³-hybridized carbons (Fsp3) is 0.172. The monoisotopic (exact) mass is 532 g/mol. The molecule has 0 unspecified atom stereocenters. The molecule has 1 saturated heterocycles. The Balaban J connectivity index is 1.67. The first-order valence-electron chi connectivity index (χ1n) is 11.6. The first-order chi connectivity index (χ1) is 18.1. The van der Waals surface area contributed by atoms with Gasteiger partial charge in [0.2, 0.25) is 0 Å². The predicted octanol–water partition coefficient (Wildman–Crippen LogP) is 5.01. The molecule has 4 rings (SSSR count). The molecular weight excluding hydrogens is 508 g/mol. The molecule has 38 heavy (non-hydrogen) atoms. The lowest BCUT2D eigenvalue weighted by Crippen LogP contribution is -2.54. The van der Waals surface area contributed by atoms with Crippen LogP contribution in [0.15, 0.2) is 60.2 Å². The minimum atomic E-state index is -0.901. The van der Waals surface area contributed by atoms with Crippen molar-refractivity contribution in [2.75, 3.05) is 19.1 Å². The number of halogens is 1. The van der Waals surface area contributed by atoms with Crippen LogP contribution in [0.1, 0.15) is 38.2 Å². The number of urea groups is 1. The lowest BCUT2D eigenvalue weighted by Gasteiger charge is -2.26. The molecule has 9 heteroatoms. The summed E-state index contributed by atoms with van der Waals surface area (Å²) in [6.45, 7) is 4.05. The second-order valence-corrected chi connectivity index (χ2v) is 9.26. The van der Waals surface area contributed by atoms with E-state index in [-0.39, 0.29) is 16.8 Å². The van der Waals surface area contributed by atoms with E-state index in [2.05, 4.69) is 28.3 Å². The Morgan fingerprint density at radius 1 is 0.974 bits per heavy atom. The number of carbonyl (C=O) groups excluding carboxylic acids is 4. The van der Waals surface area contributed by atoms with Gasteiger partial charge in [0.25, 0.3) is 11.8 Å². The zero-order chi connectivity index (χ0) is 27.6. The van der Waals surface area contributed by atoms with Crippen molar-refractivity contribution >= 4 is 47.2 Å². The molecule has 1 aliphatic rings. The molecule has 3 aromatic carbocycles. The molecule has 1 N–H and O–H groups in total. The average molecular weight is 533 g/mol. The van der Waals surface area contributed by atoms with Gasteiger partial charge in [-0.25, -0.2) is 14.5 Å². The van der Waals surface area contributed by atoms with E-state index in [1.807, 2.05) is 13.8 Å². The number of carbonyl (C=O) groups is 4. The summed E-state index contributed by atoms with van der Waals surface area (Å²) in [5.41, 5.74) is 4.72. The topological polar surface area (TPSA) is 102 Å². The van der Waals surface area contributed by atoms with E-state index >= 15 is 0 Å². The minimum Gasteiger partial charge on any atom is -0.496 e. The molecule has 3 aromatic rings. The number of ether oxygens (including phenoxy) is 2. The fourth-order valence-corrected chi connectivity index (χ4v) is 4.65. The molecule has 0 aliphatic carbocycles. The number of imide groups is 2.